The molecule has 2 aliphatic heterocycles. The number of amides is 3. The number of nitrogens with zero attached hydrogens (tertiary/aromatic N) is 3. The SMILES string of the molecule is CC(C)C[C@H](NC(=O)c1cccc(Oc2ccccc2)c1)C(=O)N1CCC2C1C(=O)CN2C(=O)c1cccnc1. The van der Waals surface area contributed by atoms with Crippen molar-refractivity contribution in [2.75, 3.05) is 13.1 Å². The first kappa shape index (κ1) is 27.1. The molecule has 2 saturated heterocycles. The summed E-state index contributed by atoms with van der Waals surface area (Å²) in [7, 11) is 0. The quantitative estimate of drug-likeness (QED) is 0.467. The molecule has 9 heteroatoms. The molecule has 0 spiro atoms. The number of carbonyl (C=O) groups excluding carboxylic acids is 4. The molecule has 206 valence electrons. The van der Waals surface area contributed by atoms with Crippen LogP contribution in [0.3, 0.4) is 0 Å². The molecule has 2 unspecified atom stereocenters. The van der Waals surface area contributed by atoms with E-state index >= 15 is 0 Å². The Bertz CT molecular complexity index is 1400. The number of para-hydroxylation sites is 1. The monoisotopic (exact) mass is 540 g/mol. The second kappa shape index (κ2) is 11.7. The number of aromatic nitrogens is 1. The number of ketones is 1. The van der Waals surface area contributed by atoms with Gasteiger partial charge in [-0.05, 0) is 61.2 Å². The van der Waals surface area contributed by atoms with Gasteiger partial charge in [-0.25, -0.2) is 0 Å². The van der Waals surface area contributed by atoms with Crippen LogP contribution in [0.4, 0.5) is 0 Å². The molecule has 0 aliphatic carbocycles. The van der Waals surface area contributed by atoms with Crippen LogP contribution in [-0.4, -0.2) is 69.5 Å². The molecule has 9 nitrogen and oxygen atoms in total. The van der Waals surface area contributed by atoms with E-state index in [2.05, 4.69) is 10.3 Å². The average Bonchev–Trinajstić information content (AvgIpc) is 3.54. The highest BCUT2D eigenvalue weighted by atomic mass is 16.5. The maximum Gasteiger partial charge on any atom is 0.256 e. The van der Waals surface area contributed by atoms with Gasteiger partial charge in [0.15, 0.2) is 5.78 Å². The Balaban J connectivity index is 1.30. The average molecular weight is 541 g/mol. The molecule has 5 rings (SSSR count). The van der Waals surface area contributed by atoms with Crippen LogP contribution in [0.5, 0.6) is 11.5 Å². The maximum absolute atomic E-state index is 13.8. The highest BCUT2D eigenvalue weighted by molar-refractivity contribution is 6.03. The van der Waals surface area contributed by atoms with Gasteiger partial charge in [0.1, 0.15) is 23.6 Å². The van der Waals surface area contributed by atoms with Crippen molar-refractivity contribution in [3.63, 3.8) is 0 Å². The molecule has 40 heavy (non-hydrogen) atoms. The van der Waals surface area contributed by atoms with E-state index < -0.39 is 24.0 Å². The van der Waals surface area contributed by atoms with Crippen LogP contribution in [0.15, 0.2) is 79.1 Å². The summed E-state index contributed by atoms with van der Waals surface area (Å²) in [4.78, 5) is 60.4. The lowest BCUT2D eigenvalue weighted by Crippen LogP contribution is -2.53. The Labute approximate surface area is 233 Å². The summed E-state index contributed by atoms with van der Waals surface area (Å²) < 4.78 is 5.86. The third-order valence-electron chi connectivity index (χ3n) is 7.26. The minimum Gasteiger partial charge on any atom is -0.457 e. The number of ether oxygens (including phenoxy) is 1. The molecule has 0 radical (unpaired) electrons. The number of benzene rings is 2. The van der Waals surface area contributed by atoms with Crippen molar-refractivity contribution in [1.82, 2.24) is 20.1 Å². The number of pyridine rings is 1. The standard InChI is InChI=1S/C31H32N4O5/c1-20(2)16-25(33-29(37)21-8-6-12-24(17-21)40-23-10-4-3-5-11-23)31(39)34-15-13-26-28(34)27(36)19-35(26)30(38)22-9-7-14-32-18-22/h3-12,14,17-18,20,25-26,28H,13,15-16,19H2,1-2H3,(H,33,37)/t25-,26?,28?/m0/s1. The Morgan fingerprint density at radius 1 is 0.975 bits per heavy atom. The number of carbonyl (C=O) groups is 4. The van der Waals surface area contributed by atoms with Crippen molar-refractivity contribution >= 4 is 23.5 Å². The second-order valence-electron chi connectivity index (χ2n) is 10.6. The smallest absolute Gasteiger partial charge is 0.256 e. The summed E-state index contributed by atoms with van der Waals surface area (Å²) in [6.45, 7) is 4.23. The number of Topliss-reactive ketones (excluding diaryl/α,β-unsaturated/α-hetero) is 1. The normalized spacial score (nSPS) is 18.9. The van der Waals surface area contributed by atoms with Gasteiger partial charge in [-0.1, -0.05) is 38.1 Å². The van der Waals surface area contributed by atoms with Gasteiger partial charge in [0.05, 0.1) is 18.2 Å². The molecule has 0 bridgehead atoms. The Kier molecular flexibility index (Phi) is 7.91. The fourth-order valence-electron chi connectivity index (χ4n) is 5.45. The van der Waals surface area contributed by atoms with Gasteiger partial charge in [0.2, 0.25) is 5.91 Å². The Hall–Kier alpha value is -4.53. The lowest BCUT2D eigenvalue weighted by molar-refractivity contribution is -0.138. The van der Waals surface area contributed by atoms with Crippen molar-refractivity contribution in [2.45, 2.75) is 44.8 Å². The van der Waals surface area contributed by atoms with E-state index in [-0.39, 0.29) is 30.1 Å². The van der Waals surface area contributed by atoms with Gasteiger partial charge < -0.3 is 19.9 Å². The number of hydrogen-bond donors (Lipinski definition) is 1. The lowest BCUT2D eigenvalue weighted by Gasteiger charge is -2.29. The molecule has 2 fully saturated rings. The van der Waals surface area contributed by atoms with E-state index in [9.17, 15) is 19.2 Å². The van der Waals surface area contributed by atoms with E-state index in [4.69, 9.17) is 4.74 Å². The van der Waals surface area contributed by atoms with Crippen LogP contribution < -0.4 is 10.1 Å². The molecule has 3 atom stereocenters. The zero-order valence-corrected chi connectivity index (χ0v) is 22.5. The number of fused-ring (bicyclic) bond motifs is 1. The zero-order valence-electron chi connectivity index (χ0n) is 22.5. The third kappa shape index (κ3) is 5.73. The van der Waals surface area contributed by atoms with Gasteiger partial charge in [-0.2, -0.15) is 0 Å². The van der Waals surface area contributed by atoms with Crippen LogP contribution in [0.1, 0.15) is 47.4 Å². The van der Waals surface area contributed by atoms with Crippen LogP contribution in [-0.2, 0) is 9.59 Å². The summed E-state index contributed by atoms with van der Waals surface area (Å²) in [5, 5.41) is 2.90. The van der Waals surface area contributed by atoms with Gasteiger partial charge in [0.25, 0.3) is 11.8 Å². The summed E-state index contributed by atoms with van der Waals surface area (Å²) in [5.41, 5.74) is 0.767. The summed E-state index contributed by atoms with van der Waals surface area (Å²) in [5.74, 6) is 0.107. The maximum atomic E-state index is 13.8. The summed E-state index contributed by atoms with van der Waals surface area (Å²) >= 11 is 0. The molecule has 3 heterocycles. The molecule has 2 aliphatic rings. The fourth-order valence-corrected chi connectivity index (χ4v) is 5.45. The molecule has 3 aromatic rings. The molecular formula is C31H32N4O5. The molecule has 0 saturated carbocycles. The summed E-state index contributed by atoms with van der Waals surface area (Å²) in [6.07, 6.45) is 3.97. The lowest BCUT2D eigenvalue weighted by atomic mass is 10.0. The van der Waals surface area contributed by atoms with Crippen LogP contribution in [0, 0.1) is 5.92 Å². The first-order valence-electron chi connectivity index (χ1n) is 13.5. The molecule has 1 N–H and O–H groups in total. The minimum absolute atomic E-state index is 0.0533. The first-order chi connectivity index (χ1) is 19.3. The van der Waals surface area contributed by atoms with Gasteiger partial charge in [-0.15, -0.1) is 0 Å². The first-order valence-corrected chi connectivity index (χ1v) is 13.5. The van der Waals surface area contributed by atoms with Gasteiger partial charge >= 0.3 is 0 Å². The van der Waals surface area contributed by atoms with Crippen LogP contribution in [0.2, 0.25) is 0 Å². The number of rotatable bonds is 8. The Morgan fingerprint density at radius 2 is 1.73 bits per heavy atom. The third-order valence-corrected chi connectivity index (χ3v) is 7.26. The van der Waals surface area contributed by atoms with E-state index in [0.29, 0.717) is 42.0 Å². The Morgan fingerprint density at radius 3 is 2.45 bits per heavy atom. The van der Waals surface area contributed by atoms with Crippen molar-refractivity contribution in [3.8, 4) is 11.5 Å². The largest absolute Gasteiger partial charge is 0.457 e. The van der Waals surface area contributed by atoms with Crippen molar-refractivity contribution < 1.29 is 23.9 Å². The van der Waals surface area contributed by atoms with E-state index in [0.717, 1.165) is 0 Å². The van der Waals surface area contributed by atoms with Gasteiger partial charge in [-0.3, -0.25) is 24.2 Å². The zero-order chi connectivity index (χ0) is 28.2. The van der Waals surface area contributed by atoms with Crippen LogP contribution >= 0.6 is 0 Å². The topological polar surface area (TPSA) is 109 Å². The van der Waals surface area contributed by atoms with E-state index in [1.807, 2.05) is 44.2 Å². The van der Waals surface area contributed by atoms with Crippen molar-refractivity contribution in [2.24, 2.45) is 5.92 Å². The molecule has 1 aromatic heterocycles. The predicted octanol–water partition coefficient (Wildman–Crippen LogP) is 3.71. The minimum atomic E-state index is -0.819. The highest BCUT2D eigenvalue weighted by Crippen LogP contribution is 2.32. The number of nitrogens with one attached hydrogen (secondary N) is 1. The number of likely N-dealkylation sites (tertiary alicyclic amines) is 2. The summed E-state index contributed by atoms with van der Waals surface area (Å²) in [6, 6.07) is 17.4. The van der Waals surface area contributed by atoms with Crippen molar-refractivity contribution in [1.29, 1.82) is 0 Å². The van der Waals surface area contributed by atoms with Crippen LogP contribution in [0.25, 0.3) is 0 Å². The second-order valence-corrected chi connectivity index (χ2v) is 10.6. The number of hydrogen-bond acceptors (Lipinski definition) is 6. The van der Waals surface area contributed by atoms with E-state index in [1.54, 1.807) is 52.4 Å². The van der Waals surface area contributed by atoms with Gasteiger partial charge in [0, 0.05) is 24.5 Å². The highest BCUT2D eigenvalue weighted by Gasteiger charge is 2.52. The molecule has 2 aromatic carbocycles. The molecule has 3 amide bonds. The molecular weight excluding hydrogens is 508 g/mol. The van der Waals surface area contributed by atoms with E-state index in [1.165, 1.54) is 6.20 Å². The predicted molar refractivity (Wildman–Crippen MR) is 148 cm³/mol. The van der Waals surface area contributed by atoms with Crippen molar-refractivity contribution in [3.05, 3.63) is 90.3 Å². The fraction of sp³-hybridized carbons (Fsp3) is 0.323.